The summed E-state index contributed by atoms with van der Waals surface area (Å²) in [5, 5.41) is 54.2. The van der Waals surface area contributed by atoms with Crippen LogP contribution in [0.15, 0.2) is 60.8 Å². The van der Waals surface area contributed by atoms with E-state index in [9.17, 15) is 35.1 Å². The van der Waals surface area contributed by atoms with Gasteiger partial charge in [-0.2, -0.15) is 0 Å². The molecule has 83 heavy (non-hydrogen) atoms. The van der Waals surface area contributed by atoms with Gasteiger partial charge in [-0.05, 0) is 103 Å². The van der Waals surface area contributed by atoms with Crippen molar-refractivity contribution >= 4 is 11.9 Å². The molecule has 7 unspecified atom stereocenters. The number of unbranched alkanes of at least 4 members (excludes halogenated alkanes) is 39. The molecule has 1 aliphatic rings. The van der Waals surface area contributed by atoms with Crippen LogP contribution in [0.4, 0.5) is 0 Å². The Morgan fingerprint density at radius 1 is 0.446 bits per heavy atom. The molecule has 0 aromatic heterocycles. The Labute approximate surface area is 509 Å². The molecule has 0 saturated carbocycles. The summed E-state index contributed by atoms with van der Waals surface area (Å²) < 4.78 is 16.7. The maximum Gasteiger partial charge on any atom is 0.305 e. The molecule has 1 saturated heterocycles. The van der Waals surface area contributed by atoms with Crippen molar-refractivity contribution in [3.63, 3.8) is 0 Å². The standard InChI is InChI=1S/C72H131NO10/c1-3-5-7-9-11-13-14-15-16-34-37-40-44-48-52-56-60-68(77)81-61-57-53-49-45-41-38-35-32-30-28-26-24-22-20-18-17-19-21-23-25-27-29-31-33-36-39-43-47-51-55-59-67(76)73-64(65(75)58-54-50-46-42-12-10-8-6-4-2)63-82-72-71(80)70(79)69(78)66(62-74)83-72/h12-14,16,18,20,34,42,54,58,64-66,69-72,74-75,78-80H,3-11,15,17,19,21-33,35-41,43-53,55-57,59-63H2,1-2H3,(H,73,76)/b14-13-,20-18-,34-16-,42-12+,58-54+. The van der Waals surface area contributed by atoms with E-state index in [1.807, 2.05) is 6.08 Å². The monoisotopic (exact) mass is 1170 g/mol. The first-order valence-electron chi connectivity index (χ1n) is 35.1. The highest BCUT2D eigenvalue weighted by Crippen LogP contribution is 2.23. The van der Waals surface area contributed by atoms with E-state index < -0.39 is 49.5 Å². The Bertz CT molecular complexity index is 1560. The van der Waals surface area contributed by atoms with Crippen molar-refractivity contribution in [2.24, 2.45) is 0 Å². The number of amides is 1. The number of allylic oxidation sites excluding steroid dienone is 9. The number of hydrogen-bond donors (Lipinski definition) is 6. The third kappa shape index (κ3) is 50.1. The van der Waals surface area contributed by atoms with Crippen LogP contribution in [-0.2, 0) is 23.8 Å². The van der Waals surface area contributed by atoms with E-state index in [2.05, 4.69) is 67.8 Å². The van der Waals surface area contributed by atoms with E-state index in [1.165, 1.54) is 231 Å². The minimum atomic E-state index is -1.58. The fourth-order valence-corrected chi connectivity index (χ4v) is 10.8. The number of carbonyl (C=O) groups is 2. The quantitative estimate of drug-likeness (QED) is 0.0195. The molecule has 484 valence electrons. The summed E-state index contributed by atoms with van der Waals surface area (Å²) in [7, 11) is 0. The lowest BCUT2D eigenvalue weighted by Crippen LogP contribution is -2.60. The number of ether oxygens (including phenoxy) is 3. The van der Waals surface area contributed by atoms with Gasteiger partial charge in [-0.25, -0.2) is 0 Å². The molecule has 1 heterocycles. The number of hydrogen-bond acceptors (Lipinski definition) is 10. The van der Waals surface area contributed by atoms with Crippen LogP contribution in [0.25, 0.3) is 0 Å². The van der Waals surface area contributed by atoms with Crippen LogP contribution in [0.1, 0.15) is 322 Å². The molecule has 11 heteroatoms. The lowest BCUT2D eigenvalue weighted by Gasteiger charge is -2.40. The van der Waals surface area contributed by atoms with Gasteiger partial charge in [-0.3, -0.25) is 9.59 Å². The number of carbonyl (C=O) groups excluding carboxylic acids is 2. The fourth-order valence-electron chi connectivity index (χ4n) is 10.8. The average molecular weight is 1170 g/mol. The Morgan fingerprint density at radius 2 is 0.819 bits per heavy atom. The normalized spacial score (nSPS) is 18.5. The van der Waals surface area contributed by atoms with Crippen molar-refractivity contribution in [1.82, 2.24) is 5.32 Å². The number of nitrogens with one attached hydrogen (secondary N) is 1. The van der Waals surface area contributed by atoms with E-state index in [0.717, 1.165) is 64.2 Å². The van der Waals surface area contributed by atoms with Gasteiger partial charge in [0.2, 0.25) is 5.91 Å². The Hall–Kier alpha value is -2.64. The van der Waals surface area contributed by atoms with Gasteiger partial charge in [0, 0.05) is 12.8 Å². The van der Waals surface area contributed by atoms with Gasteiger partial charge in [0.15, 0.2) is 6.29 Å². The summed E-state index contributed by atoms with van der Waals surface area (Å²) >= 11 is 0. The second-order valence-electron chi connectivity index (χ2n) is 24.2. The van der Waals surface area contributed by atoms with Crippen LogP contribution in [0.2, 0.25) is 0 Å². The Kier molecular flexibility index (Phi) is 57.6. The molecule has 11 nitrogen and oxygen atoms in total. The minimum Gasteiger partial charge on any atom is -0.466 e. The van der Waals surface area contributed by atoms with Gasteiger partial charge >= 0.3 is 5.97 Å². The van der Waals surface area contributed by atoms with Crippen molar-refractivity contribution in [3.8, 4) is 0 Å². The molecule has 0 radical (unpaired) electrons. The molecule has 0 bridgehead atoms. The first-order chi connectivity index (χ1) is 40.7. The van der Waals surface area contributed by atoms with Crippen LogP contribution in [0.5, 0.6) is 0 Å². The third-order valence-corrected chi connectivity index (χ3v) is 16.3. The van der Waals surface area contributed by atoms with Crippen LogP contribution < -0.4 is 5.32 Å². The van der Waals surface area contributed by atoms with E-state index in [4.69, 9.17) is 14.2 Å². The molecule has 6 N–H and O–H groups in total. The molecule has 1 aliphatic heterocycles. The summed E-state index contributed by atoms with van der Waals surface area (Å²) in [6.45, 7) is 4.27. The van der Waals surface area contributed by atoms with Crippen molar-refractivity contribution in [2.45, 2.75) is 365 Å². The van der Waals surface area contributed by atoms with Crippen molar-refractivity contribution in [2.75, 3.05) is 19.8 Å². The van der Waals surface area contributed by atoms with Gasteiger partial charge in [-0.15, -0.1) is 0 Å². The molecule has 0 aromatic rings. The van der Waals surface area contributed by atoms with Gasteiger partial charge in [0.1, 0.15) is 24.4 Å². The van der Waals surface area contributed by atoms with Gasteiger partial charge < -0.3 is 45.1 Å². The van der Waals surface area contributed by atoms with Crippen LogP contribution in [0, 0.1) is 0 Å². The Morgan fingerprint density at radius 3 is 1.29 bits per heavy atom. The zero-order chi connectivity index (χ0) is 60.2. The van der Waals surface area contributed by atoms with Crippen molar-refractivity contribution < 1.29 is 49.3 Å². The van der Waals surface area contributed by atoms with E-state index in [1.54, 1.807) is 6.08 Å². The summed E-state index contributed by atoms with van der Waals surface area (Å²) in [6.07, 6.45) is 70.9. The van der Waals surface area contributed by atoms with Gasteiger partial charge in [-0.1, -0.05) is 267 Å². The van der Waals surface area contributed by atoms with Gasteiger partial charge in [0.25, 0.3) is 0 Å². The third-order valence-electron chi connectivity index (χ3n) is 16.3. The molecule has 0 aromatic carbocycles. The fraction of sp³-hybridized carbons (Fsp3) is 0.833. The highest BCUT2D eigenvalue weighted by Gasteiger charge is 2.44. The lowest BCUT2D eigenvalue weighted by molar-refractivity contribution is -0.302. The summed E-state index contributed by atoms with van der Waals surface area (Å²) in [5.74, 6) is -0.198. The van der Waals surface area contributed by atoms with E-state index in [-0.39, 0.29) is 18.5 Å². The molecule has 7 atom stereocenters. The van der Waals surface area contributed by atoms with E-state index in [0.29, 0.717) is 19.4 Å². The van der Waals surface area contributed by atoms with Crippen molar-refractivity contribution in [3.05, 3.63) is 60.8 Å². The smallest absolute Gasteiger partial charge is 0.305 e. The first-order valence-corrected chi connectivity index (χ1v) is 35.1. The molecular weight excluding hydrogens is 1040 g/mol. The minimum absolute atomic E-state index is 0.00528. The van der Waals surface area contributed by atoms with Crippen molar-refractivity contribution in [1.29, 1.82) is 0 Å². The molecular formula is C72H131NO10. The zero-order valence-electron chi connectivity index (χ0n) is 53.7. The van der Waals surface area contributed by atoms with Crippen LogP contribution in [-0.4, -0.2) is 100 Å². The second kappa shape index (κ2) is 61.0. The largest absolute Gasteiger partial charge is 0.466 e. The number of aliphatic hydroxyl groups excluding tert-OH is 5. The molecule has 0 spiro atoms. The number of aliphatic hydroxyl groups is 5. The van der Waals surface area contributed by atoms with Gasteiger partial charge in [0.05, 0.1) is 32.0 Å². The molecule has 0 aliphatic carbocycles. The zero-order valence-corrected chi connectivity index (χ0v) is 53.7. The number of esters is 1. The number of rotatable bonds is 61. The van der Waals surface area contributed by atoms with E-state index >= 15 is 0 Å². The highest BCUT2D eigenvalue weighted by molar-refractivity contribution is 5.76. The highest BCUT2D eigenvalue weighted by atomic mass is 16.7. The molecule has 1 rings (SSSR count). The van der Waals surface area contributed by atoms with Crippen LogP contribution >= 0.6 is 0 Å². The predicted octanol–water partition coefficient (Wildman–Crippen LogP) is 17.7. The predicted molar refractivity (Wildman–Crippen MR) is 347 cm³/mol. The SMILES string of the molecule is CCCCC/C=C/CC/C=C/C(O)C(COC1OC(CO)C(O)C(O)C1O)NC(=O)CCCCCCCCCCCCCCCC/C=C\CCCCCCCCCCCCCCOC(=O)CCCCCCC/C=C\C/C=C\CCCCCC. The molecule has 1 fully saturated rings. The Balaban J connectivity index is 1.92. The lowest BCUT2D eigenvalue weighted by atomic mass is 9.99. The maximum atomic E-state index is 13.0. The maximum absolute atomic E-state index is 13.0. The topological polar surface area (TPSA) is 175 Å². The van der Waals surface area contributed by atoms with Crippen LogP contribution in [0.3, 0.4) is 0 Å². The summed E-state index contributed by atoms with van der Waals surface area (Å²) in [5.41, 5.74) is 0. The summed E-state index contributed by atoms with van der Waals surface area (Å²) in [6, 6.07) is -0.826. The second-order valence-corrected chi connectivity index (χ2v) is 24.2. The summed E-state index contributed by atoms with van der Waals surface area (Å²) in [4.78, 5) is 25.1. The molecule has 1 amide bonds. The average Bonchev–Trinajstić information content (AvgIpc) is 3.65. The first kappa shape index (κ1) is 78.4.